The molecule has 6 heteroatoms. The van der Waals surface area contributed by atoms with Crippen molar-refractivity contribution in [3.63, 3.8) is 0 Å². The van der Waals surface area contributed by atoms with E-state index in [2.05, 4.69) is 0 Å². The molecule has 1 amide bonds. The highest BCUT2D eigenvalue weighted by atomic mass is 16.4. The molecule has 1 heterocycles. The van der Waals surface area contributed by atoms with Gasteiger partial charge in [0.05, 0.1) is 5.56 Å². The van der Waals surface area contributed by atoms with Crippen molar-refractivity contribution in [1.82, 2.24) is 4.57 Å². The second kappa shape index (κ2) is 5.24. The minimum Gasteiger partial charge on any atom is -0.478 e. The summed E-state index contributed by atoms with van der Waals surface area (Å²) in [6, 6.07) is 5.59. The van der Waals surface area contributed by atoms with E-state index in [9.17, 15) is 19.5 Å². The standard InChI is InChI=1S/C15H14N2O4/c1-8-3-9(2)5-10(4-8)11-6-13(18)17(15(16)21)7-12(11)14(19)20/h3-7H,1-2H3,(H2,16,21)(H,19,20). The van der Waals surface area contributed by atoms with E-state index in [1.54, 1.807) is 12.1 Å². The van der Waals surface area contributed by atoms with Crippen molar-refractivity contribution in [2.75, 3.05) is 0 Å². The third kappa shape index (κ3) is 2.84. The first-order chi connectivity index (χ1) is 9.79. The van der Waals surface area contributed by atoms with E-state index in [0.29, 0.717) is 10.1 Å². The molecule has 0 aliphatic heterocycles. The third-order valence-corrected chi connectivity index (χ3v) is 3.05. The fourth-order valence-corrected chi connectivity index (χ4v) is 2.24. The topological polar surface area (TPSA) is 102 Å². The number of primary amides is 1. The Bertz CT molecular complexity index is 786. The van der Waals surface area contributed by atoms with Crippen molar-refractivity contribution in [3.8, 4) is 11.1 Å². The monoisotopic (exact) mass is 286 g/mol. The highest BCUT2D eigenvalue weighted by Crippen LogP contribution is 2.24. The van der Waals surface area contributed by atoms with Crippen molar-refractivity contribution in [2.24, 2.45) is 5.73 Å². The van der Waals surface area contributed by atoms with Crippen LogP contribution in [0.5, 0.6) is 0 Å². The van der Waals surface area contributed by atoms with Crippen LogP contribution in [0.2, 0.25) is 0 Å². The molecule has 6 nitrogen and oxygen atoms in total. The number of aryl methyl sites for hydroxylation is 2. The number of carbonyl (C=O) groups is 2. The van der Waals surface area contributed by atoms with E-state index in [-0.39, 0.29) is 11.1 Å². The van der Waals surface area contributed by atoms with Crippen molar-refractivity contribution < 1.29 is 14.7 Å². The fraction of sp³-hybridized carbons (Fsp3) is 0.133. The zero-order valence-corrected chi connectivity index (χ0v) is 11.6. The molecule has 0 atom stereocenters. The van der Waals surface area contributed by atoms with E-state index < -0.39 is 17.6 Å². The van der Waals surface area contributed by atoms with E-state index >= 15 is 0 Å². The number of pyridine rings is 1. The van der Waals surface area contributed by atoms with Gasteiger partial charge in [0, 0.05) is 17.8 Å². The molecule has 0 aliphatic carbocycles. The number of nitrogens with zero attached hydrogens (tertiary/aromatic N) is 1. The zero-order valence-electron chi connectivity index (χ0n) is 11.6. The Morgan fingerprint density at radius 1 is 1.10 bits per heavy atom. The summed E-state index contributed by atoms with van der Waals surface area (Å²) in [5.41, 5.74) is 6.99. The molecular weight excluding hydrogens is 272 g/mol. The van der Waals surface area contributed by atoms with E-state index in [1.165, 1.54) is 0 Å². The average molecular weight is 286 g/mol. The molecule has 21 heavy (non-hydrogen) atoms. The van der Waals surface area contributed by atoms with Crippen LogP contribution in [0, 0.1) is 13.8 Å². The van der Waals surface area contributed by atoms with Crippen LogP contribution in [0.25, 0.3) is 11.1 Å². The summed E-state index contributed by atoms with van der Waals surface area (Å²) in [6.07, 6.45) is 0.958. The number of aromatic carboxylic acids is 1. The van der Waals surface area contributed by atoms with Gasteiger partial charge in [0.2, 0.25) is 0 Å². The molecule has 0 aliphatic rings. The first-order valence-electron chi connectivity index (χ1n) is 6.18. The quantitative estimate of drug-likeness (QED) is 0.877. The third-order valence-electron chi connectivity index (χ3n) is 3.05. The lowest BCUT2D eigenvalue weighted by Gasteiger charge is -2.10. The molecular formula is C15H14N2O4. The summed E-state index contributed by atoms with van der Waals surface area (Å²) in [5.74, 6) is -1.24. The molecule has 0 bridgehead atoms. The van der Waals surface area contributed by atoms with Gasteiger partial charge in [-0.05, 0) is 19.4 Å². The molecule has 0 radical (unpaired) electrons. The molecule has 2 rings (SSSR count). The van der Waals surface area contributed by atoms with Crippen LogP contribution in [-0.4, -0.2) is 21.7 Å². The van der Waals surface area contributed by atoms with Crippen molar-refractivity contribution in [3.05, 3.63) is 57.5 Å². The van der Waals surface area contributed by atoms with E-state index in [1.807, 2.05) is 19.9 Å². The van der Waals surface area contributed by atoms with Crippen LogP contribution in [0.1, 0.15) is 21.5 Å². The highest BCUT2D eigenvalue weighted by Gasteiger charge is 2.16. The molecule has 2 aromatic rings. The summed E-state index contributed by atoms with van der Waals surface area (Å²) in [5, 5.41) is 9.30. The number of hydrogen-bond donors (Lipinski definition) is 2. The maximum atomic E-state index is 11.9. The van der Waals surface area contributed by atoms with Gasteiger partial charge in [0.1, 0.15) is 0 Å². The van der Waals surface area contributed by atoms with Gasteiger partial charge >= 0.3 is 12.0 Å². The van der Waals surface area contributed by atoms with Crippen LogP contribution in [0.3, 0.4) is 0 Å². The summed E-state index contributed by atoms with van der Waals surface area (Å²) in [7, 11) is 0. The molecule has 0 spiro atoms. The molecule has 0 saturated heterocycles. The number of carboxylic acids is 1. The van der Waals surface area contributed by atoms with Gasteiger partial charge in [-0.15, -0.1) is 0 Å². The number of carbonyl (C=O) groups excluding carboxylic acids is 1. The van der Waals surface area contributed by atoms with E-state index in [0.717, 1.165) is 23.4 Å². The summed E-state index contributed by atoms with van der Waals surface area (Å²) in [4.78, 5) is 34.4. The first kappa shape index (κ1) is 14.5. The Hall–Kier alpha value is -2.89. The largest absolute Gasteiger partial charge is 0.478 e. The van der Waals surface area contributed by atoms with Gasteiger partial charge in [-0.2, -0.15) is 0 Å². The summed E-state index contributed by atoms with van der Waals surface area (Å²) >= 11 is 0. The number of carboxylic acid groups (broad SMARTS) is 1. The van der Waals surface area contributed by atoms with Crippen molar-refractivity contribution >= 4 is 12.0 Å². The predicted molar refractivity (Wildman–Crippen MR) is 77.6 cm³/mol. The molecule has 0 fully saturated rings. The van der Waals surface area contributed by atoms with Crippen LogP contribution < -0.4 is 11.3 Å². The second-order valence-corrected chi connectivity index (χ2v) is 4.83. The van der Waals surface area contributed by atoms with Gasteiger partial charge in [-0.3, -0.25) is 4.79 Å². The summed E-state index contributed by atoms with van der Waals surface area (Å²) in [6.45, 7) is 3.75. The Morgan fingerprint density at radius 2 is 1.67 bits per heavy atom. The maximum Gasteiger partial charge on any atom is 0.337 e. The number of rotatable bonds is 2. The van der Waals surface area contributed by atoms with Gasteiger partial charge < -0.3 is 10.8 Å². The molecule has 3 N–H and O–H groups in total. The van der Waals surface area contributed by atoms with E-state index in [4.69, 9.17) is 5.73 Å². The lowest BCUT2D eigenvalue weighted by molar-refractivity contribution is 0.0697. The van der Waals surface area contributed by atoms with Crippen LogP contribution in [-0.2, 0) is 0 Å². The van der Waals surface area contributed by atoms with Crippen molar-refractivity contribution in [1.29, 1.82) is 0 Å². The lowest BCUT2D eigenvalue weighted by atomic mass is 9.98. The molecule has 1 aromatic carbocycles. The lowest BCUT2D eigenvalue weighted by Crippen LogP contribution is -2.32. The normalized spacial score (nSPS) is 10.4. The van der Waals surface area contributed by atoms with Gasteiger partial charge in [0.25, 0.3) is 5.56 Å². The Balaban J connectivity index is 2.79. The number of aromatic nitrogens is 1. The number of amides is 1. The maximum absolute atomic E-state index is 11.9. The Morgan fingerprint density at radius 3 is 2.14 bits per heavy atom. The Labute approximate surface area is 120 Å². The van der Waals surface area contributed by atoms with Gasteiger partial charge in [0.15, 0.2) is 0 Å². The van der Waals surface area contributed by atoms with Crippen LogP contribution in [0.15, 0.2) is 35.3 Å². The number of hydrogen-bond acceptors (Lipinski definition) is 3. The smallest absolute Gasteiger partial charge is 0.337 e. The summed E-state index contributed by atoms with van der Waals surface area (Å²) < 4.78 is 0.579. The second-order valence-electron chi connectivity index (χ2n) is 4.83. The molecule has 108 valence electrons. The van der Waals surface area contributed by atoms with Crippen molar-refractivity contribution in [2.45, 2.75) is 13.8 Å². The molecule has 1 aromatic heterocycles. The SMILES string of the molecule is Cc1cc(C)cc(-c2cc(=O)n(C(N)=O)cc2C(=O)O)c1. The van der Waals surface area contributed by atoms with Gasteiger partial charge in [-0.25, -0.2) is 14.2 Å². The number of nitrogens with two attached hydrogens (primary N) is 1. The van der Waals surface area contributed by atoms with Gasteiger partial charge in [-0.1, -0.05) is 29.3 Å². The average Bonchev–Trinajstić information content (AvgIpc) is 2.36. The fourth-order valence-electron chi connectivity index (χ4n) is 2.24. The number of benzene rings is 1. The molecule has 0 saturated carbocycles. The Kier molecular flexibility index (Phi) is 3.62. The van der Waals surface area contributed by atoms with Crippen LogP contribution in [0.4, 0.5) is 4.79 Å². The van der Waals surface area contributed by atoms with Crippen LogP contribution >= 0.6 is 0 Å². The minimum atomic E-state index is -1.24. The first-order valence-corrected chi connectivity index (χ1v) is 6.18. The minimum absolute atomic E-state index is 0.154. The predicted octanol–water partition coefficient (Wildman–Crippen LogP) is 1.76. The molecule has 0 unspecified atom stereocenters. The zero-order chi connectivity index (χ0) is 15.7. The highest BCUT2D eigenvalue weighted by molar-refractivity contribution is 5.96.